The van der Waals surface area contributed by atoms with Crippen LogP contribution >= 0.6 is 0 Å². The van der Waals surface area contributed by atoms with Gasteiger partial charge in [-0.3, -0.25) is 14.9 Å². The molecule has 0 unspecified atom stereocenters. The predicted molar refractivity (Wildman–Crippen MR) is 122 cm³/mol. The second-order valence-electron chi connectivity index (χ2n) is 7.51. The lowest BCUT2D eigenvalue weighted by molar-refractivity contribution is -0.384. The number of fused-ring (bicyclic) bond motifs is 1. The third-order valence-electron chi connectivity index (χ3n) is 5.61. The first kappa shape index (κ1) is 19.9. The number of hydrogen-bond donors (Lipinski definition) is 0. The van der Waals surface area contributed by atoms with Gasteiger partial charge in [-0.1, -0.05) is 48.5 Å². The van der Waals surface area contributed by atoms with Crippen molar-refractivity contribution in [2.75, 3.05) is 31.2 Å². The number of benzene rings is 3. The normalized spacial score (nSPS) is 13.9. The molecule has 2 heterocycles. The molecule has 1 aromatic heterocycles. The quantitative estimate of drug-likeness (QED) is 0.363. The summed E-state index contributed by atoms with van der Waals surface area (Å²) in [6, 6.07) is 21.5. The van der Waals surface area contributed by atoms with Gasteiger partial charge in [0.2, 0.25) is 0 Å². The highest BCUT2D eigenvalue weighted by molar-refractivity contribution is 5.94. The molecule has 8 heteroatoms. The molecule has 0 aliphatic carbocycles. The molecule has 8 nitrogen and oxygen atoms in total. The molecule has 1 saturated heterocycles. The maximum absolute atomic E-state index is 13.4. The molecule has 0 atom stereocenters. The highest BCUT2D eigenvalue weighted by Gasteiger charge is 2.23. The predicted octanol–water partition coefficient (Wildman–Crippen LogP) is 3.80. The number of hydrogen-bond acceptors (Lipinski definition) is 6. The molecule has 0 radical (unpaired) electrons. The highest BCUT2D eigenvalue weighted by atomic mass is 16.6. The summed E-state index contributed by atoms with van der Waals surface area (Å²) in [6.45, 7) is 2.51. The number of rotatable bonds is 4. The second-order valence-corrected chi connectivity index (χ2v) is 7.51. The van der Waals surface area contributed by atoms with Gasteiger partial charge in [-0.2, -0.15) is 9.78 Å². The van der Waals surface area contributed by atoms with Gasteiger partial charge in [0.15, 0.2) is 0 Å². The van der Waals surface area contributed by atoms with E-state index in [9.17, 15) is 14.9 Å². The largest absolute Gasteiger partial charge is 0.378 e. The average Bonchev–Trinajstić information content (AvgIpc) is 2.85. The molecule has 0 saturated carbocycles. The minimum atomic E-state index is -0.482. The van der Waals surface area contributed by atoms with E-state index < -0.39 is 10.5 Å². The van der Waals surface area contributed by atoms with Crippen molar-refractivity contribution in [3.05, 3.63) is 93.3 Å². The van der Waals surface area contributed by atoms with Crippen molar-refractivity contribution in [3.8, 4) is 16.9 Å². The summed E-state index contributed by atoms with van der Waals surface area (Å²) in [5.74, 6) is 0. The zero-order valence-corrected chi connectivity index (χ0v) is 17.2. The van der Waals surface area contributed by atoms with Crippen LogP contribution in [0.4, 0.5) is 11.4 Å². The fourth-order valence-corrected chi connectivity index (χ4v) is 4.02. The summed E-state index contributed by atoms with van der Waals surface area (Å²) in [5, 5.41) is 17.6. The SMILES string of the molecule is O=c1c2ccccc2c(-c2ccccc2)nn1-c1cc(N2CCOCC2)ccc1[N+](=O)[O-]. The van der Waals surface area contributed by atoms with Crippen LogP contribution in [-0.2, 0) is 4.74 Å². The number of morpholine rings is 1. The van der Waals surface area contributed by atoms with Crippen LogP contribution in [0.1, 0.15) is 0 Å². The van der Waals surface area contributed by atoms with E-state index in [4.69, 9.17) is 4.74 Å². The maximum atomic E-state index is 13.4. The van der Waals surface area contributed by atoms with Crippen LogP contribution in [0.25, 0.3) is 27.7 Å². The first-order valence-electron chi connectivity index (χ1n) is 10.3. The molecule has 1 fully saturated rings. The number of anilines is 1. The molecule has 32 heavy (non-hydrogen) atoms. The Hall–Kier alpha value is -4.04. The van der Waals surface area contributed by atoms with Crippen LogP contribution in [-0.4, -0.2) is 41.0 Å². The monoisotopic (exact) mass is 428 g/mol. The van der Waals surface area contributed by atoms with Crippen LogP contribution in [0.15, 0.2) is 77.6 Å². The molecular weight excluding hydrogens is 408 g/mol. The first-order valence-corrected chi connectivity index (χ1v) is 10.3. The molecule has 1 aliphatic rings. The highest BCUT2D eigenvalue weighted by Crippen LogP contribution is 2.30. The summed E-state index contributed by atoms with van der Waals surface area (Å²) in [4.78, 5) is 26.9. The van der Waals surface area contributed by atoms with Crippen LogP contribution in [0, 0.1) is 10.1 Å². The van der Waals surface area contributed by atoms with Crippen molar-refractivity contribution in [3.63, 3.8) is 0 Å². The Balaban J connectivity index is 1.78. The first-order chi connectivity index (χ1) is 15.6. The lowest BCUT2D eigenvalue weighted by Gasteiger charge is -2.29. The summed E-state index contributed by atoms with van der Waals surface area (Å²) < 4.78 is 6.57. The van der Waals surface area contributed by atoms with Gasteiger partial charge < -0.3 is 9.64 Å². The topological polar surface area (TPSA) is 90.5 Å². The number of ether oxygens (including phenoxy) is 1. The summed E-state index contributed by atoms with van der Waals surface area (Å²) in [6.07, 6.45) is 0. The molecule has 0 spiro atoms. The van der Waals surface area contributed by atoms with E-state index in [1.807, 2.05) is 42.5 Å². The Morgan fingerprint density at radius 1 is 0.906 bits per heavy atom. The molecule has 1 aliphatic heterocycles. The fraction of sp³-hybridized carbons (Fsp3) is 0.167. The van der Waals surface area contributed by atoms with Gasteiger partial charge in [-0.25, -0.2) is 0 Å². The van der Waals surface area contributed by atoms with Crippen molar-refractivity contribution in [1.82, 2.24) is 9.78 Å². The van der Waals surface area contributed by atoms with Gasteiger partial charge in [-0.05, 0) is 18.2 Å². The van der Waals surface area contributed by atoms with E-state index in [1.54, 1.807) is 24.3 Å². The van der Waals surface area contributed by atoms with Crippen molar-refractivity contribution >= 4 is 22.1 Å². The van der Waals surface area contributed by atoms with Gasteiger partial charge >= 0.3 is 0 Å². The standard InChI is InChI=1S/C24H20N4O4/c29-24-20-9-5-4-8-19(20)23(17-6-2-1-3-7-17)25-27(24)22-16-18(10-11-21(22)28(30)31)26-12-14-32-15-13-26/h1-11,16H,12-15H2. The van der Waals surface area contributed by atoms with Gasteiger partial charge in [0.1, 0.15) is 5.69 Å². The van der Waals surface area contributed by atoms with Crippen LogP contribution in [0.2, 0.25) is 0 Å². The summed E-state index contributed by atoms with van der Waals surface area (Å²) >= 11 is 0. The smallest absolute Gasteiger partial charge is 0.295 e. The second kappa shape index (κ2) is 8.24. The molecule has 160 valence electrons. The Morgan fingerprint density at radius 2 is 1.59 bits per heavy atom. The average molecular weight is 428 g/mol. The van der Waals surface area contributed by atoms with Gasteiger partial charge in [0.25, 0.3) is 11.2 Å². The molecule has 5 rings (SSSR count). The zero-order valence-electron chi connectivity index (χ0n) is 17.2. The van der Waals surface area contributed by atoms with E-state index in [2.05, 4.69) is 10.00 Å². The summed E-state index contributed by atoms with van der Waals surface area (Å²) in [7, 11) is 0. The van der Waals surface area contributed by atoms with Crippen LogP contribution in [0.3, 0.4) is 0 Å². The molecule has 0 amide bonds. The van der Waals surface area contributed by atoms with E-state index in [0.29, 0.717) is 42.8 Å². The van der Waals surface area contributed by atoms with Crippen molar-refractivity contribution in [2.24, 2.45) is 0 Å². The van der Waals surface area contributed by atoms with E-state index in [-0.39, 0.29) is 11.4 Å². The van der Waals surface area contributed by atoms with Crippen molar-refractivity contribution in [2.45, 2.75) is 0 Å². The van der Waals surface area contributed by atoms with Gasteiger partial charge in [0, 0.05) is 35.8 Å². The van der Waals surface area contributed by atoms with E-state index in [1.165, 1.54) is 6.07 Å². The number of nitro groups is 1. The van der Waals surface area contributed by atoms with Crippen molar-refractivity contribution < 1.29 is 9.66 Å². The summed E-state index contributed by atoms with van der Waals surface area (Å²) in [5.41, 5.74) is 1.77. The lowest BCUT2D eigenvalue weighted by atomic mass is 10.1. The van der Waals surface area contributed by atoms with E-state index >= 15 is 0 Å². The Kier molecular flexibility index (Phi) is 5.12. The Labute approximate surface area is 183 Å². The third-order valence-corrected chi connectivity index (χ3v) is 5.61. The van der Waals surface area contributed by atoms with Crippen LogP contribution in [0.5, 0.6) is 0 Å². The van der Waals surface area contributed by atoms with Crippen molar-refractivity contribution in [1.29, 1.82) is 0 Å². The number of nitro benzene ring substituents is 1. The number of aromatic nitrogens is 2. The molecule has 3 aromatic carbocycles. The zero-order chi connectivity index (χ0) is 22.1. The Morgan fingerprint density at radius 3 is 2.31 bits per heavy atom. The molecule has 4 aromatic rings. The molecular formula is C24H20N4O4. The van der Waals surface area contributed by atoms with Crippen LogP contribution < -0.4 is 10.5 Å². The lowest BCUT2D eigenvalue weighted by Crippen LogP contribution is -2.36. The van der Waals surface area contributed by atoms with Gasteiger partial charge in [-0.15, -0.1) is 0 Å². The fourth-order valence-electron chi connectivity index (χ4n) is 4.02. The Bertz CT molecular complexity index is 1360. The van der Waals surface area contributed by atoms with Gasteiger partial charge in [0.05, 0.1) is 29.2 Å². The molecule has 0 bridgehead atoms. The maximum Gasteiger partial charge on any atom is 0.295 e. The minimum Gasteiger partial charge on any atom is -0.378 e. The molecule has 0 N–H and O–H groups in total. The minimum absolute atomic E-state index is 0.145. The third kappa shape index (κ3) is 3.50. The van der Waals surface area contributed by atoms with E-state index in [0.717, 1.165) is 15.9 Å². The number of nitrogens with zero attached hydrogens (tertiary/aromatic N) is 4.